The Morgan fingerprint density at radius 2 is 1.37 bits per heavy atom. The molecular formula is C24H21ClN2. The van der Waals surface area contributed by atoms with E-state index in [0.29, 0.717) is 0 Å². The van der Waals surface area contributed by atoms with Crippen LogP contribution in [0.25, 0.3) is 0 Å². The van der Waals surface area contributed by atoms with E-state index in [1.165, 1.54) is 16.7 Å². The zero-order chi connectivity index (χ0) is 18.3. The molecule has 27 heavy (non-hydrogen) atoms. The van der Waals surface area contributed by atoms with Gasteiger partial charge in [-0.05, 0) is 41.7 Å². The van der Waals surface area contributed by atoms with Crippen molar-refractivity contribution in [2.24, 2.45) is 4.99 Å². The van der Waals surface area contributed by atoms with E-state index in [9.17, 15) is 0 Å². The highest BCUT2D eigenvalue weighted by molar-refractivity contribution is 6.30. The lowest BCUT2D eigenvalue weighted by atomic mass is 9.91. The molecule has 1 aliphatic carbocycles. The van der Waals surface area contributed by atoms with Gasteiger partial charge >= 0.3 is 0 Å². The van der Waals surface area contributed by atoms with Gasteiger partial charge in [-0.1, -0.05) is 84.4 Å². The van der Waals surface area contributed by atoms with Crippen LogP contribution >= 0.6 is 11.6 Å². The van der Waals surface area contributed by atoms with E-state index in [2.05, 4.69) is 84.0 Å². The number of hydrogen-bond acceptors (Lipinski definition) is 2. The molecule has 0 spiro atoms. The molecule has 1 fully saturated rings. The third-order valence-electron chi connectivity index (χ3n) is 5.83. The first-order valence-electron chi connectivity index (χ1n) is 9.46. The minimum atomic E-state index is 0.0259. The highest BCUT2D eigenvalue weighted by atomic mass is 35.5. The van der Waals surface area contributed by atoms with Gasteiger partial charge in [0.2, 0.25) is 0 Å². The summed E-state index contributed by atoms with van der Waals surface area (Å²) < 4.78 is 0. The number of halogens is 1. The summed E-state index contributed by atoms with van der Waals surface area (Å²) in [6.07, 6.45) is 4.37. The molecular weight excluding hydrogens is 352 g/mol. The van der Waals surface area contributed by atoms with Gasteiger partial charge in [0.15, 0.2) is 0 Å². The molecule has 134 valence electrons. The summed E-state index contributed by atoms with van der Waals surface area (Å²) in [5.74, 6) is 0. The summed E-state index contributed by atoms with van der Waals surface area (Å²) in [4.78, 5) is 7.46. The van der Waals surface area contributed by atoms with Crippen molar-refractivity contribution >= 4 is 17.9 Å². The molecule has 2 aliphatic rings. The number of nitrogens with zero attached hydrogens (tertiary/aromatic N) is 2. The van der Waals surface area contributed by atoms with E-state index in [1.54, 1.807) is 0 Å². The van der Waals surface area contributed by atoms with Crippen molar-refractivity contribution in [1.29, 1.82) is 0 Å². The van der Waals surface area contributed by atoms with Crippen LogP contribution in [0.15, 0.2) is 89.9 Å². The fourth-order valence-electron chi connectivity index (χ4n) is 4.31. The van der Waals surface area contributed by atoms with E-state index in [1.807, 2.05) is 12.1 Å². The molecule has 2 nitrogen and oxygen atoms in total. The first-order chi connectivity index (χ1) is 13.3. The zero-order valence-electron chi connectivity index (χ0n) is 15.0. The van der Waals surface area contributed by atoms with Crippen molar-refractivity contribution in [3.8, 4) is 0 Å². The summed E-state index contributed by atoms with van der Waals surface area (Å²) >= 11 is 6.13. The number of hydrogen-bond donors (Lipinski definition) is 0. The van der Waals surface area contributed by atoms with Crippen LogP contribution in [0.3, 0.4) is 0 Å². The molecule has 3 heteroatoms. The van der Waals surface area contributed by atoms with Crippen LogP contribution < -0.4 is 0 Å². The maximum Gasteiger partial charge on any atom is 0.101 e. The molecule has 5 rings (SSSR count). The van der Waals surface area contributed by atoms with E-state index < -0.39 is 0 Å². The molecule has 1 saturated carbocycles. The van der Waals surface area contributed by atoms with Crippen molar-refractivity contribution in [3.05, 3.63) is 107 Å². The maximum atomic E-state index is 6.13. The van der Waals surface area contributed by atoms with Crippen molar-refractivity contribution in [3.63, 3.8) is 0 Å². The Balaban J connectivity index is 1.58. The minimum absolute atomic E-state index is 0.0259. The average Bonchev–Trinajstić information content (AvgIpc) is 3.41. The molecule has 0 radical (unpaired) electrons. The van der Waals surface area contributed by atoms with Crippen molar-refractivity contribution in [2.75, 3.05) is 0 Å². The Labute approximate surface area is 165 Å². The van der Waals surface area contributed by atoms with Gasteiger partial charge in [-0.15, -0.1) is 0 Å². The lowest BCUT2D eigenvalue weighted by molar-refractivity contribution is 0.224. The van der Waals surface area contributed by atoms with Crippen molar-refractivity contribution in [2.45, 2.75) is 30.5 Å². The van der Waals surface area contributed by atoms with Gasteiger partial charge in [-0.3, -0.25) is 4.99 Å². The third-order valence-corrected chi connectivity index (χ3v) is 6.08. The molecule has 0 amide bonds. The highest BCUT2D eigenvalue weighted by Crippen LogP contribution is 2.57. The Hall–Kier alpha value is -2.58. The van der Waals surface area contributed by atoms with Crippen LogP contribution in [-0.4, -0.2) is 11.2 Å². The maximum absolute atomic E-state index is 6.13. The molecule has 2 unspecified atom stereocenters. The molecule has 3 aromatic rings. The molecule has 0 saturated heterocycles. The normalized spacial score (nSPS) is 22.8. The predicted octanol–water partition coefficient (Wildman–Crippen LogP) is 6.16. The van der Waals surface area contributed by atoms with Gasteiger partial charge in [0.25, 0.3) is 0 Å². The van der Waals surface area contributed by atoms with Crippen LogP contribution in [-0.2, 0) is 5.54 Å². The van der Waals surface area contributed by atoms with E-state index >= 15 is 0 Å². The van der Waals surface area contributed by atoms with Crippen molar-refractivity contribution in [1.82, 2.24) is 4.90 Å². The second-order valence-corrected chi connectivity index (χ2v) is 7.86. The summed E-state index contributed by atoms with van der Waals surface area (Å²) in [6, 6.07) is 30.0. The van der Waals surface area contributed by atoms with Gasteiger partial charge in [-0.2, -0.15) is 0 Å². The zero-order valence-corrected chi connectivity index (χ0v) is 15.8. The first-order valence-corrected chi connectivity index (χ1v) is 9.83. The Bertz CT molecular complexity index is 947. The van der Waals surface area contributed by atoms with Crippen LogP contribution in [0.5, 0.6) is 0 Å². The van der Waals surface area contributed by atoms with Gasteiger partial charge < -0.3 is 4.90 Å². The predicted molar refractivity (Wildman–Crippen MR) is 111 cm³/mol. The molecule has 2 atom stereocenters. The largest absolute Gasteiger partial charge is 0.344 e. The van der Waals surface area contributed by atoms with E-state index in [4.69, 9.17) is 16.6 Å². The SMILES string of the molecule is Clc1ccc(C2(N3C=NC(c4ccccc4)C3c3ccccc3)CC2)cc1. The summed E-state index contributed by atoms with van der Waals surface area (Å²) in [7, 11) is 0. The van der Waals surface area contributed by atoms with Gasteiger partial charge in [0.05, 0.1) is 17.9 Å². The fraction of sp³-hybridized carbons (Fsp3) is 0.208. The van der Waals surface area contributed by atoms with Crippen LogP contribution in [0.2, 0.25) is 5.02 Å². The third kappa shape index (κ3) is 2.85. The van der Waals surface area contributed by atoms with Crippen LogP contribution in [0.4, 0.5) is 0 Å². The molecule has 1 heterocycles. The smallest absolute Gasteiger partial charge is 0.101 e. The Morgan fingerprint density at radius 1 is 0.778 bits per heavy atom. The van der Waals surface area contributed by atoms with Gasteiger partial charge in [0.1, 0.15) is 6.04 Å². The molecule has 0 bridgehead atoms. The molecule has 0 N–H and O–H groups in total. The lowest BCUT2D eigenvalue weighted by Gasteiger charge is -2.36. The Morgan fingerprint density at radius 3 is 1.96 bits per heavy atom. The monoisotopic (exact) mass is 372 g/mol. The van der Waals surface area contributed by atoms with Crippen molar-refractivity contribution < 1.29 is 0 Å². The summed E-state index contributed by atoms with van der Waals surface area (Å²) in [6.45, 7) is 0. The number of benzene rings is 3. The second kappa shape index (κ2) is 6.54. The standard InChI is InChI=1S/C24H21ClN2/c25-21-13-11-20(12-14-21)24(15-16-24)27-17-26-22(18-7-3-1-4-8-18)23(27)19-9-5-2-6-10-19/h1-14,17,22-23H,15-16H2. The summed E-state index contributed by atoms with van der Waals surface area (Å²) in [5.41, 5.74) is 3.92. The first kappa shape index (κ1) is 16.6. The Kier molecular flexibility index (Phi) is 4.02. The second-order valence-electron chi connectivity index (χ2n) is 7.42. The van der Waals surface area contributed by atoms with E-state index in [0.717, 1.165) is 17.9 Å². The topological polar surface area (TPSA) is 15.6 Å². The minimum Gasteiger partial charge on any atom is -0.344 e. The van der Waals surface area contributed by atoms with Gasteiger partial charge in [0, 0.05) is 5.02 Å². The fourth-order valence-corrected chi connectivity index (χ4v) is 4.44. The van der Waals surface area contributed by atoms with E-state index in [-0.39, 0.29) is 17.6 Å². The molecule has 3 aromatic carbocycles. The highest BCUT2D eigenvalue weighted by Gasteiger charge is 2.54. The van der Waals surface area contributed by atoms with Crippen LogP contribution in [0, 0.1) is 0 Å². The average molecular weight is 373 g/mol. The summed E-state index contributed by atoms with van der Waals surface area (Å²) in [5, 5.41) is 0.784. The molecule has 0 aromatic heterocycles. The number of aliphatic imine (C=N–C) groups is 1. The molecule has 1 aliphatic heterocycles. The van der Waals surface area contributed by atoms with Crippen LogP contribution in [0.1, 0.15) is 41.6 Å². The number of rotatable bonds is 4. The lowest BCUT2D eigenvalue weighted by Crippen LogP contribution is -2.36. The van der Waals surface area contributed by atoms with Gasteiger partial charge in [-0.25, -0.2) is 0 Å². The quantitative estimate of drug-likeness (QED) is 0.535.